The topological polar surface area (TPSA) is 23.9 Å². The zero-order valence-electron chi connectivity index (χ0n) is 4.96. The Morgan fingerprint density at radius 2 is 2.22 bits per heavy atom. The van der Waals surface area contributed by atoms with E-state index in [4.69, 9.17) is 13.3 Å². The third kappa shape index (κ3) is 1.42. The van der Waals surface area contributed by atoms with Gasteiger partial charge in [-0.25, -0.2) is 0 Å². The fraction of sp³-hybridized carbons (Fsp3) is 0. The molecule has 0 aliphatic heterocycles. The van der Waals surface area contributed by atoms with Crippen LogP contribution in [0.2, 0.25) is 0 Å². The van der Waals surface area contributed by atoms with Crippen LogP contribution in [-0.2, 0) is 0 Å². The van der Waals surface area contributed by atoms with E-state index in [9.17, 15) is 0 Å². The molecule has 1 rings (SSSR count). The molecule has 1 aromatic rings. The highest BCUT2D eigenvalue weighted by atomic mass is 14.3. The monoisotopic (exact) mass is 115 g/mol. The van der Waals surface area contributed by atoms with Crippen LogP contribution in [0.3, 0.4) is 0 Å². The van der Waals surface area contributed by atoms with Crippen LogP contribution in [0.1, 0.15) is 5.56 Å². The minimum absolute atomic E-state index is 0.705. The molecule has 1 nitrogen and oxygen atoms in total. The average Bonchev–Trinajstić information content (AvgIpc) is 1.88. The summed E-state index contributed by atoms with van der Waals surface area (Å²) in [6.07, 6.45) is 1.27. The van der Waals surface area contributed by atoms with Gasteiger partial charge in [-0.3, -0.25) is 0 Å². The molecule has 1 aromatic carbocycles. The Morgan fingerprint density at radius 1 is 1.44 bits per heavy atom. The first-order valence-electron chi connectivity index (χ1n) is 2.69. The Kier molecular flexibility index (Phi) is 1.68. The smallest absolute Gasteiger partial charge is 0.113 e. The highest BCUT2D eigenvalue weighted by molar-refractivity contribution is 6.32. The maximum Gasteiger partial charge on any atom is 0.113 e. The van der Waals surface area contributed by atoms with Gasteiger partial charge in [-0.2, -0.15) is 0 Å². The van der Waals surface area contributed by atoms with Crippen molar-refractivity contribution in [3.05, 3.63) is 29.8 Å². The Labute approximate surface area is 55.6 Å². The minimum atomic E-state index is 0.705. The van der Waals surface area contributed by atoms with Crippen LogP contribution in [0.4, 0.5) is 0 Å². The van der Waals surface area contributed by atoms with Gasteiger partial charge in [0.2, 0.25) is 0 Å². The van der Waals surface area contributed by atoms with Crippen LogP contribution in [0.15, 0.2) is 24.3 Å². The first kappa shape index (κ1) is 6.08. The molecule has 0 heterocycles. The molecule has 0 unspecified atom stereocenters. The van der Waals surface area contributed by atoms with Gasteiger partial charge < -0.3 is 5.41 Å². The highest BCUT2D eigenvalue weighted by Crippen LogP contribution is 1.89. The predicted octanol–water partition coefficient (Wildman–Crippen LogP) is 0.478. The summed E-state index contributed by atoms with van der Waals surface area (Å²) in [6, 6.07) is 7.22. The number of hydrogen-bond acceptors (Lipinski definition) is 1. The van der Waals surface area contributed by atoms with Crippen molar-refractivity contribution in [2.24, 2.45) is 0 Å². The summed E-state index contributed by atoms with van der Waals surface area (Å²) in [5.41, 5.74) is 1.55. The van der Waals surface area contributed by atoms with E-state index in [2.05, 4.69) is 0 Å². The standard InChI is InChI=1S/C7H6BN/c8-7-3-1-2-6(4-7)5-9/h1-5,9H. The number of benzene rings is 1. The van der Waals surface area contributed by atoms with Gasteiger partial charge in [-0.05, 0) is 5.56 Å². The van der Waals surface area contributed by atoms with Gasteiger partial charge in [0.25, 0.3) is 0 Å². The molecule has 0 amide bonds. The van der Waals surface area contributed by atoms with Gasteiger partial charge in [-0.1, -0.05) is 29.7 Å². The van der Waals surface area contributed by atoms with Crippen LogP contribution < -0.4 is 5.46 Å². The maximum atomic E-state index is 6.86. The molecule has 0 aliphatic carbocycles. The van der Waals surface area contributed by atoms with Crippen molar-refractivity contribution in [1.29, 1.82) is 5.41 Å². The lowest BCUT2D eigenvalue weighted by molar-refractivity contribution is 1.55. The van der Waals surface area contributed by atoms with Crippen molar-refractivity contribution in [3.63, 3.8) is 0 Å². The molecule has 2 heteroatoms. The van der Waals surface area contributed by atoms with E-state index in [1.54, 1.807) is 12.1 Å². The normalized spacial score (nSPS) is 8.89. The van der Waals surface area contributed by atoms with Gasteiger partial charge in [0.15, 0.2) is 0 Å². The second-order valence-electron chi connectivity index (χ2n) is 1.81. The molecule has 0 saturated carbocycles. The summed E-state index contributed by atoms with van der Waals surface area (Å²) in [7, 11) is 5.43. The van der Waals surface area contributed by atoms with E-state index in [0.29, 0.717) is 5.46 Å². The predicted molar refractivity (Wildman–Crippen MR) is 39.7 cm³/mol. The summed E-state index contributed by atoms with van der Waals surface area (Å²) in [5.74, 6) is 0. The van der Waals surface area contributed by atoms with Gasteiger partial charge >= 0.3 is 0 Å². The molecule has 0 aromatic heterocycles. The third-order valence-electron chi connectivity index (χ3n) is 1.08. The second kappa shape index (κ2) is 2.49. The largest absolute Gasteiger partial charge is 0.308 e. The quantitative estimate of drug-likeness (QED) is 0.406. The van der Waals surface area contributed by atoms with E-state index < -0.39 is 0 Å². The van der Waals surface area contributed by atoms with Crippen LogP contribution in [0, 0.1) is 5.41 Å². The van der Waals surface area contributed by atoms with E-state index in [1.165, 1.54) is 6.21 Å². The molecular formula is C7H6BN. The first-order valence-corrected chi connectivity index (χ1v) is 2.69. The summed E-state index contributed by atoms with van der Waals surface area (Å²) in [5, 5.41) is 6.86. The minimum Gasteiger partial charge on any atom is -0.308 e. The van der Waals surface area contributed by atoms with Crippen molar-refractivity contribution in [3.8, 4) is 0 Å². The number of nitrogens with one attached hydrogen (secondary N) is 1. The van der Waals surface area contributed by atoms with E-state index in [-0.39, 0.29) is 0 Å². The van der Waals surface area contributed by atoms with Gasteiger partial charge in [0, 0.05) is 6.21 Å². The lowest BCUT2D eigenvalue weighted by Gasteiger charge is -1.91. The summed E-state index contributed by atoms with van der Waals surface area (Å²) >= 11 is 0. The number of hydrogen-bond donors (Lipinski definition) is 1. The van der Waals surface area contributed by atoms with Crippen molar-refractivity contribution >= 4 is 19.5 Å². The number of rotatable bonds is 1. The lowest BCUT2D eigenvalue weighted by atomic mass is 9.95. The molecular weight excluding hydrogens is 109 g/mol. The summed E-state index contributed by atoms with van der Waals surface area (Å²) in [6.45, 7) is 0. The van der Waals surface area contributed by atoms with Crippen LogP contribution in [0.25, 0.3) is 0 Å². The lowest BCUT2D eigenvalue weighted by Crippen LogP contribution is -2.01. The van der Waals surface area contributed by atoms with Crippen molar-refractivity contribution in [2.45, 2.75) is 0 Å². The Bertz CT molecular complexity index is 220. The molecule has 9 heavy (non-hydrogen) atoms. The SMILES string of the molecule is [B]c1cccc(C=N)c1. The summed E-state index contributed by atoms with van der Waals surface area (Å²) in [4.78, 5) is 0. The van der Waals surface area contributed by atoms with Crippen LogP contribution in [-0.4, -0.2) is 14.1 Å². The van der Waals surface area contributed by atoms with E-state index >= 15 is 0 Å². The first-order chi connectivity index (χ1) is 4.33. The fourth-order valence-corrected chi connectivity index (χ4v) is 0.649. The maximum absolute atomic E-state index is 6.86. The summed E-state index contributed by atoms with van der Waals surface area (Å²) < 4.78 is 0. The van der Waals surface area contributed by atoms with Crippen molar-refractivity contribution in [2.75, 3.05) is 0 Å². The third-order valence-corrected chi connectivity index (χ3v) is 1.08. The molecule has 0 atom stereocenters. The van der Waals surface area contributed by atoms with Gasteiger partial charge in [0.05, 0.1) is 0 Å². The zero-order chi connectivity index (χ0) is 6.69. The Morgan fingerprint density at radius 3 is 2.67 bits per heavy atom. The molecule has 0 saturated heterocycles. The highest BCUT2D eigenvalue weighted by Gasteiger charge is 1.83. The van der Waals surface area contributed by atoms with E-state index in [0.717, 1.165) is 5.56 Å². The molecule has 0 aliphatic rings. The fourth-order valence-electron chi connectivity index (χ4n) is 0.649. The molecule has 0 spiro atoms. The average molecular weight is 115 g/mol. The van der Waals surface area contributed by atoms with Crippen molar-refractivity contribution < 1.29 is 0 Å². The molecule has 2 radical (unpaired) electrons. The second-order valence-corrected chi connectivity index (χ2v) is 1.81. The van der Waals surface area contributed by atoms with Crippen molar-refractivity contribution in [1.82, 2.24) is 0 Å². The van der Waals surface area contributed by atoms with E-state index in [1.807, 2.05) is 12.1 Å². The van der Waals surface area contributed by atoms with Crippen LogP contribution >= 0.6 is 0 Å². The van der Waals surface area contributed by atoms with Gasteiger partial charge in [-0.15, -0.1) is 0 Å². The zero-order valence-corrected chi connectivity index (χ0v) is 4.96. The molecule has 0 fully saturated rings. The Hall–Kier alpha value is -1.05. The van der Waals surface area contributed by atoms with Crippen LogP contribution in [0.5, 0.6) is 0 Å². The molecule has 0 bridgehead atoms. The molecule has 42 valence electrons. The Balaban J connectivity index is 3.07. The molecule has 1 N–H and O–H groups in total. The van der Waals surface area contributed by atoms with Gasteiger partial charge in [0.1, 0.15) is 7.85 Å².